The second-order valence-corrected chi connectivity index (χ2v) is 7.61. The number of methoxy groups -OCH3 is 1. The maximum atomic E-state index is 12.4. The molecule has 0 spiro atoms. The Morgan fingerprint density at radius 1 is 1.23 bits per heavy atom. The highest BCUT2D eigenvalue weighted by Gasteiger charge is 2.27. The fourth-order valence-electron chi connectivity index (χ4n) is 2.47. The molecule has 2 N–H and O–H groups in total. The molecule has 2 rings (SSSR count). The van der Waals surface area contributed by atoms with E-state index in [0.29, 0.717) is 13.2 Å². The lowest BCUT2D eigenvalue weighted by Gasteiger charge is -2.14. The molecule has 0 fully saturated rings. The van der Waals surface area contributed by atoms with Crippen LogP contribution < -0.4 is 10.0 Å². The Morgan fingerprint density at radius 3 is 2.38 bits per heavy atom. The predicted octanol–water partition coefficient (Wildman–Crippen LogP) is 1.42. The highest BCUT2D eigenvalue weighted by Crippen LogP contribution is 2.18. The third kappa shape index (κ3) is 4.90. The van der Waals surface area contributed by atoms with Gasteiger partial charge in [-0.1, -0.05) is 29.4 Å². The Bertz CT molecular complexity index is 840. The molecule has 142 valence electrons. The van der Waals surface area contributed by atoms with Gasteiger partial charge in [0.15, 0.2) is 5.76 Å². The quantitative estimate of drug-likeness (QED) is 0.715. The molecule has 26 heavy (non-hydrogen) atoms. The number of carbonyl (C=O) groups is 1. The third-order valence-electron chi connectivity index (χ3n) is 3.76. The number of carbonyl (C=O) groups excluding carboxylic acids is 1. The number of aromatic nitrogens is 1. The zero-order valence-corrected chi connectivity index (χ0v) is 16.0. The van der Waals surface area contributed by atoms with Gasteiger partial charge in [-0.05, 0) is 31.9 Å². The Balaban J connectivity index is 1.95. The molecule has 1 amide bonds. The molecule has 8 nitrogen and oxygen atoms in total. The SMILES string of the molecule is COCc1ccc(CNC(=O)[C@H](C)NS(=O)(=O)c2c(C)noc2C)cc1. The van der Waals surface area contributed by atoms with Crippen molar-refractivity contribution in [3.63, 3.8) is 0 Å². The van der Waals surface area contributed by atoms with E-state index in [1.807, 2.05) is 24.3 Å². The van der Waals surface area contributed by atoms with E-state index in [0.717, 1.165) is 11.1 Å². The zero-order valence-electron chi connectivity index (χ0n) is 15.2. The zero-order chi connectivity index (χ0) is 19.3. The number of rotatable bonds is 8. The van der Waals surface area contributed by atoms with Gasteiger partial charge in [-0.2, -0.15) is 4.72 Å². The first-order valence-electron chi connectivity index (χ1n) is 8.04. The van der Waals surface area contributed by atoms with Crippen molar-refractivity contribution in [2.45, 2.75) is 44.9 Å². The van der Waals surface area contributed by atoms with Gasteiger partial charge in [0.05, 0.1) is 12.6 Å². The molecular formula is C17H23N3O5S. The Labute approximate surface area is 153 Å². The van der Waals surface area contributed by atoms with Crippen molar-refractivity contribution >= 4 is 15.9 Å². The molecule has 9 heteroatoms. The molecule has 2 aromatic rings. The lowest BCUT2D eigenvalue weighted by Crippen LogP contribution is -2.44. The van der Waals surface area contributed by atoms with Gasteiger partial charge in [-0.15, -0.1) is 0 Å². The molecule has 0 unspecified atom stereocenters. The van der Waals surface area contributed by atoms with Crippen molar-refractivity contribution in [1.29, 1.82) is 0 Å². The van der Waals surface area contributed by atoms with E-state index in [1.54, 1.807) is 7.11 Å². The van der Waals surface area contributed by atoms with Gasteiger partial charge >= 0.3 is 0 Å². The summed E-state index contributed by atoms with van der Waals surface area (Å²) in [4.78, 5) is 12.2. The standard InChI is InChI=1S/C17H23N3O5S/c1-11-16(13(3)25-19-11)26(22,23)20-12(2)17(21)18-9-14-5-7-15(8-6-14)10-24-4/h5-8,12,20H,9-10H2,1-4H3,(H,18,21)/t12-/m0/s1. The van der Waals surface area contributed by atoms with E-state index < -0.39 is 22.0 Å². The first kappa shape index (κ1) is 20.1. The van der Waals surface area contributed by atoms with Crippen molar-refractivity contribution in [2.75, 3.05) is 7.11 Å². The van der Waals surface area contributed by atoms with Crippen LogP contribution in [0, 0.1) is 13.8 Å². The summed E-state index contributed by atoms with van der Waals surface area (Å²) in [5.74, 6) is -0.250. The first-order valence-corrected chi connectivity index (χ1v) is 9.52. The van der Waals surface area contributed by atoms with Crippen LogP contribution in [0.25, 0.3) is 0 Å². The van der Waals surface area contributed by atoms with Crippen LogP contribution in [0.5, 0.6) is 0 Å². The predicted molar refractivity (Wildman–Crippen MR) is 94.8 cm³/mol. The number of hydrogen-bond donors (Lipinski definition) is 2. The van der Waals surface area contributed by atoms with Gasteiger partial charge < -0.3 is 14.6 Å². The highest BCUT2D eigenvalue weighted by atomic mass is 32.2. The number of sulfonamides is 1. The summed E-state index contributed by atoms with van der Waals surface area (Å²) in [7, 11) is -2.27. The van der Waals surface area contributed by atoms with Crippen LogP contribution in [0.4, 0.5) is 0 Å². The van der Waals surface area contributed by atoms with Crippen LogP contribution in [0.1, 0.15) is 29.5 Å². The topological polar surface area (TPSA) is 111 Å². The number of nitrogens with one attached hydrogen (secondary N) is 2. The van der Waals surface area contributed by atoms with Crippen molar-refractivity contribution in [3.05, 3.63) is 46.8 Å². The maximum Gasteiger partial charge on any atom is 0.246 e. The van der Waals surface area contributed by atoms with Gasteiger partial charge in [-0.25, -0.2) is 8.42 Å². The number of amides is 1. The van der Waals surface area contributed by atoms with Crippen LogP contribution >= 0.6 is 0 Å². The largest absolute Gasteiger partial charge is 0.380 e. The summed E-state index contributed by atoms with van der Waals surface area (Å²) < 4.78 is 37.1. The molecule has 0 aliphatic carbocycles. The minimum atomic E-state index is -3.90. The van der Waals surface area contributed by atoms with Crippen LogP contribution in [0.15, 0.2) is 33.7 Å². The van der Waals surface area contributed by atoms with E-state index >= 15 is 0 Å². The van der Waals surface area contributed by atoms with Gasteiger partial charge in [0.1, 0.15) is 10.6 Å². The Kier molecular flexibility index (Phi) is 6.52. The molecule has 1 atom stereocenters. The number of hydrogen-bond acceptors (Lipinski definition) is 6. The minimum absolute atomic E-state index is 0.0362. The Hall–Kier alpha value is -2.23. The molecular weight excluding hydrogens is 358 g/mol. The van der Waals surface area contributed by atoms with Gasteiger partial charge in [0.2, 0.25) is 15.9 Å². The monoisotopic (exact) mass is 381 g/mol. The maximum absolute atomic E-state index is 12.4. The summed E-state index contributed by atoms with van der Waals surface area (Å²) in [6.45, 7) is 5.33. The lowest BCUT2D eigenvalue weighted by molar-refractivity contribution is -0.122. The second-order valence-electron chi connectivity index (χ2n) is 5.96. The molecule has 0 aliphatic rings. The molecule has 1 heterocycles. The summed E-state index contributed by atoms with van der Waals surface area (Å²) in [5, 5.41) is 6.34. The smallest absolute Gasteiger partial charge is 0.246 e. The minimum Gasteiger partial charge on any atom is -0.380 e. The van der Waals surface area contributed by atoms with Crippen molar-refractivity contribution < 1.29 is 22.5 Å². The number of aryl methyl sites for hydroxylation is 2. The van der Waals surface area contributed by atoms with E-state index in [-0.39, 0.29) is 16.3 Å². The summed E-state index contributed by atoms with van der Waals surface area (Å²) >= 11 is 0. The van der Waals surface area contributed by atoms with E-state index in [4.69, 9.17) is 9.26 Å². The number of ether oxygens (including phenoxy) is 1. The van der Waals surface area contributed by atoms with Crippen molar-refractivity contribution in [2.24, 2.45) is 0 Å². The van der Waals surface area contributed by atoms with Crippen molar-refractivity contribution in [3.8, 4) is 0 Å². The van der Waals surface area contributed by atoms with E-state index in [1.165, 1.54) is 20.8 Å². The first-order chi connectivity index (χ1) is 12.2. The normalized spacial score (nSPS) is 12.8. The molecule has 1 aromatic carbocycles. The average molecular weight is 381 g/mol. The fourth-order valence-corrected chi connectivity index (χ4v) is 4.00. The van der Waals surface area contributed by atoms with Crippen LogP contribution in [-0.2, 0) is 32.7 Å². The molecule has 1 aromatic heterocycles. The Morgan fingerprint density at radius 2 is 1.85 bits per heavy atom. The van der Waals surface area contributed by atoms with E-state index in [9.17, 15) is 13.2 Å². The van der Waals surface area contributed by atoms with Crippen molar-refractivity contribution in [1.82, 2.24) is 15.2 Å². The average Bonchev–Trinajstić information content (AvgIpc) is 2.93. The molecule has 0 radical (unpaired) electrons. The molecule has 0 saturated carbocycles. The van der Waals surface area contributed by atoms with E-state index in [2.05, 4.69) is 15.2 Å². The summed E-state index contributed by atoms with van der Waals surface area (Å²) in [5.41, 5.74) is 2.18. The summed E-state index contributed by atoms with van der Waals surface area (Å²) in [6, 6.07) is 6.64. The fraction of sp³-hybridized carbons (Fsp3) is 0.412. The van der Waals surface area contributed by atoms with Gasteiger partial charge in [0, 0.05) is 13.7 Å². The van der Waals surface area contributed by atoms with Gasteiger partial charge in [-0.3, -0.25) is 4.79 Å². The van der Waals surface area contributed by atoms with Crippen LogP contribution in [-0.4, -0.2) is 32.6 Å². The van der Waals surface area contributed by atoms with Gasteiger partial charge in [0.25, 0.3) is 0 Å². The van der Waals surface area contributed by atoms with Crippen LogP contribution in [0.2, 0.25) is 0 Å². The molecule has 0 bridgehead atoms. The second kappa shape index (κ2) is 8.43. The summed E-state index contributed by atoms with van der Waals surface area (Å²) in [6.07, 6.45) is 0. The molecule has 0 saturated heterocycles. The molecule has 0 aliphatic heterocycles. The highest BCUT2D eigenvalue weighted by molar-refractivity contribution is 7.89. The van der Waals surface area contributed by atoms with Crippen LogP contribution in [0.3, 0.4) is 0 Å². The third-order valence-corrected chi connectivity index (χ3v) is 5.55. The lowest BCUT2D eigenvalue weighted by atomic mass is 10.1. The number of benzene rings is 1. The number of nitrogens with zero attached hydrogens (tertiary/aromatic N) is 1.